The normalized spacial score (nSPS) is 25.2. The molecule has 1 aliphatic rings. The first-order valence-electron chi connectivity index (χ1n) is 5.77. The van der Waals surface area contributed by atoms with Crippen molar-refractivity contribution in [1.29, 1.82) is 0 Å². The second kappa shape index (κ2) is 5.12. The molecule has 1 aromatic carbocycles. The van der Waals surface area contributed by atoms with Crippen LogP contribution in [0, 0.1) is 5.92 Å². The molecule has 2 atom stereocenters. The molecule has 0 spiro atoms. The largest absolute Gasteiger partial charge is 0.481 e. The maximum Gasteiger partial charge on any atom is 0.303 e. The Bertz CT molecular complexity index is 350. The van der Waals surface area contributed by atoms with Gasteiger partial charge in [-0.1, -0.05) is 30.3 Å². The molecule has 1 saturated heterocycles. The van der Waals surface area contributed by atoms with Crippen LogP contribution in [0.25, 0.3) is 0 Å². The summed E-state index contributed by atoms with van der Waals surface area (Å²) in [4.78, 5) is 10.8. The average molecular weight is 219 g/mol. The third-order valence-electron chi connectivity index (χ3n) is 3.18. The van der Waals surface area contributed by atoms with Crippen LogP contribution in [0.5, 0.6) is 0 Å². The fraction of sp³-hybridized carbons (Fsp3) is 0.462. The Morgan fingerprint density at radius 1 is 1.38 bits per heavy atom. The van der Waals surface area contributed by atoms with Crippen molar-refractivity contribution >= 4 is 5.97 Å². The summed E-state index contributed by atoms with van der Waals surface area (Å²) in [5.74, 6) is -0.483. The van der Waals surface area contributed by atoms with Gasteiger partial charge in [0.1, 0.15) is 0 Å². The Kier molecular flexibility index (Phi) is 3.57. The van der Waals surface area contributed by atoms with E-state index in [0.29, 0.717) is 0 Å². The molecule has 2 N–H and O–H groups in total. The summed E-state index contributed by atoms with van der Waals surface area (Å²) in [5, 5.41) is 12.3. The fourth-order valence-corrected chi connectivity index (χ4v) is 2.45. The lowest BCUT2D eigenvalue weighted by Crippen LogP contribution is -2.35. The van der Waals surface area contributed by atoms with Crippen LogP contribution in [-0.4, -0.2) is 17.6 Å². The van der Waals surface area contributed by atoms with Gasteiger partial charge in [-0.2, -0.15) is 0 Å². The second-order valence-electron chi connectivity index (χ2n) is 4.34. The lowest BCUT2D eigenvalue weighted by molar-refractivity contribution is -0.138. The van der Waals surface area contributed by atoms with Gasteiger partial charge in [0.2, 0.25) is 0 Å². The zero-order chi connectivity index (χ0) is 11.4. The Morgan fingerprint density at radius 3 is 2.81 bits per heavy atom. The molecule has 1 aliphatic heterocycles. The summed E-state index contributed by atoms with van der Waals surface area (Å²) < 4.78 is 0. The van der Waals surface area contributed by atoms with E-state index < -0.39 is 5.97 Å². The van der Waals surface area contributed by atoms with Crippen LogP contribution in [0.3, 0.4) is 0 Å². The Morgan fingerprint density at radius 2 is 2.12 bits per heavy atom. The molecule has 0 aromatic heterocycles. The van der Waals surface area contributed by atoms with Crippen molar-refractivity contribution in [2.45, 2.75) is 25.3 Å². The first-order chi connectivity index (χ1) is 7.77. The molecule has 0 bridgehead atoms. The maximum absolute atomic E-state index is 10.8. The van der Waals surface area contributed by atoms with Crippen LogP contribution in [0.2, 0.25) is 0 Å². The number of carboxylic acid groups (broad SMARTS) is 1. The number of nitrogens with one attached hydrogen (secondary N) is 1. The maximum atomic E-state index is 10.8. The highest BCUT2D eigenvalue weighted by Gasteiger charge is 2.27. The van der Waals surface area contributed by atoms with Crippen molar-refractivity contribution < 1.29 is 9.90 Å². The molecular weight excluding hydrogens is 202 g/mol. The number of hydrogen-bond donors (Lipinski definition) is 2. The van der Waals surface area contributed by atoms with E-state index in [1.807, 2.05) is 18.2 Å². The third-order valence-corrected chi connectivity index (χ3v) is 3.18. The Hall–Kier alpha value is -1.35. The van der Waals surface area contributed by atoms with Crippen LogP contribution in [-0.2, 0) is 4.79 Å². The first kappa shape index (κ1) is 11.1. The van der Waals surface area contributed by atoms with E-state index >= 15 is 0 Å². The SMILES string of the molecule is O=C(O)C[C@H]1CCCN[C@@H]1c1ccccc1. The minimum Gasteiger partial charge on any atom is -0.481 e. The highest BCUT2D eigenvalue weighted by molar-refractivity contribution is 5.67. The molecule has 1 aromatic rings. The van der Waals surface area contributed by atoms with E-state index in [1.165, 1.54) is 5.56 Å². The molecule has 0 amide bonds. The number of benzene rings is 1. The van der Waals surface area contributed by atoms with Gasteiger partial charge in [0, 0.05) is 12.5 Å². The highest BCUT2D eigenvalue weighted by Crippen LogP contribution is 2.31. The summed E-state index contributed by atoms with van der Waals surface area (Å²) in [6.07, 6.45) is 2.33. The number of hydrogen-bond acceptors (Lipinski definition) is 2. The lowest BCUT2D eigenvalue weighted by atomic mass is 9.84. The molecule has 2 rings (SSSR count). The van der Waals surface area contributed by atoms with E-state index in [9.17, 15) is 4.79 Å². The van der Waals surface area contributed by atoms with Gasteiger partial charge in [0.15, 0.2) is 0 Å². The number of aliphatic carboxylic acids is 1. The van der Waals surface area contributed by atoms with Crippen LogP contribution < -0.4 is 5.32 Å². The van der Waals surface area contributed by atoms with Gasteiger partial charge in [-0.15, -0.1) is 0 Å². The minimum absolute atomic E-state index is 0.200. The van der Waals surface area contributed by atoms with Gasteiger partial charge in [-0.25, -0.2) is 0 Å². The number of carbonyl (C=O) groups is 1. The van der Waals surface area contributed by atoms with Crippen molar-refractivity contribution in [3.63, 3.8) is 0 Å². The predicted molar refractivity (Wildman–Crippen MR) is 62.2 cm³/mol. The summed E-state index contributed by atoms with van der Waals surface area (Å²) in [6.45, 7) is 0.982. The minimum atomic E-state index is -0.699. The molecule has 1 fully saturated rings. The molecule has 0 aliphatic carbocycles. The average Bonchev–Trinajstić information content (AvgIpc) is 2.30. The van der Waals surface area contributed by atoms with E-state index in [2.05, 4.69) is 17.4 Å². The predicted octanol–water partition coefficient (Wildman–Crippen LogP) is 2.20. The van der Waals surface area contributed by atoms with Gasteiger partial charge in [0.05, 0.1) is 0 Å². The number of rotatable bonds is 3. The topological polar surface area (TPSA) is 49.3 Å². The summed E-state index contributed by atoms with van der Waals surface area (Å²) in [5.41, 5.74) is 1.20. The van der Waals surface area contributed by atoms with Gasteiger partial charge in [-0.3, -0.25) is 4.79 Å². The number of piperidine rings is 1. The van der Waals surface area contributed by atoms with Crippen molar-refractivity contribution in [3.8, 4) is 0 Å². The van der Waals surface area contributed by atoms with Crippen LogP contribution in [0.1, 0.15) is 30.9 Å². The lowest BCUT2D eigenvalue weighted by Gasteiger charge is -2.32. The van der Waals surface area contributed by atoms with Crippen molar-refractivity contribution in [2.24, 2.45) is 5.92 Å². The van der Waals surface area contributed by atoms with Crippen LogP contribution >= 0.6 is 0 Å². The zero-order valence-electron chi connectivity index (χ0n) is 9.23. The smallest absolute Gasteiger partial charge is 0.303 e. The molecular formula is C13H17NO2. The summed E-state index contributed by atoms with van der Waals surface area (Å²) in [6, 6.07) is 10.3. The molecule has 0 radical (unpaired) electrons. The van der Waals surface area contributed by atoms with Gasteiger partial charge < -0.3 is 10.4 Å². The highest BCUT2D eigenvalue weighted by atomic mass is 16.4. The van der Waals surface area contributed by atoms with Crippen molar-refractivity contribution in [2.75, 3.05) is 6.54 Å². The van der Waals surface area contributed by atoms with Gasteiger partial charge >= 0.3 is 5.97 Å². The molecule has 0 saturated carbocycles. The molecule has 16 heavy (non-hydrogen) atoms. The first-order valence-corrected chi connectivity index (χ1v) is 5.77. The molecule has 3 nitrogen and oxygen atoms in total. The third kappa shape index (κ3) is 2.61. The van der Waals surface area contributed by atoms with Crippen molar-refractivity contribution in [1.82, 2.24) is 5.32 Å². The monoisotopic (exact) mass is 219 g/mol. The summed E-state index contributed by atoms with van der Waals surface area (Å²) >= 11 is 0. The van der Waals surface area contributed by atoms with E-state index in [1.54, 1.807) is 0 Å². The quantitative estimate of drug-likeness (QED) is 0.819. The van der Waals surface area contributed by atoms with E-state index in [-0.39, 0.29) is 18.4 Å². The standard InChI is InChI=1S/C13H17NO2/c15-12(16)9-11-7-4-8-14-13(11)10-5-2-1-3-6-10/h1-3,5-6,11,13-14H,4,7-9H2,(H,15,16)/t11-,13-/m1/s1. The number of carboxylic acids is 1. The Labute approximate surface area is 95.5 Å². The molecule has 86 valence electrons. The second-order valence-corrected chi connectivity index (χ2v) is 4.34. The van der Waals surface area contributed by atoms with Gasteiger partial charge in [-0.05, 0) is 30.9 Å². The van der Waals surface area contributed by atoms with Crippen molar-refractivity contribution in [3.05, 3.63) is 35.9 Å². The summed E-state index contributed by atoms with van der Waals surface area (Å²) in [7, 11) is 0. The molecule has 1 heterocycles. The van der Waals surface area contributed by atoms with Gasteiger partial charge in [0.25, 0.3) is 0 Å². The van der Waals surface area contributed by atoms with Crippen LogP contribution in [0.4, 0.5) is 0 Å². The van der Waals surface area contributed by atoms with E-state index in [0.717, 1.165) is 19.4 Å². The van der Waals surface area contributed by atoms with Crippen LogP contribution in [0.15, 0.2) is 30.3 Å². The van der Waals surface area contributed by atoms with E-state index in [4.69, 9.17) is 5.11 Å². The Balaban J connectivity index is 2.13. The molecule has 3 heteroatoms. The zero-order valence-corrected chi connectivity index (χ0v) is 9.23. The fourth-order valence-electron chi connectivity index (χ4n) is 2.45. The molecule has 0 unspecified atom stereocenters.